The minimum absolute atomic E-state index is 0.164. The summed E-state index contributed by atoms with van der Waals surface area (Å²) in [6.45, 7) is 0.173. The zero-order valence-corrected chi connectivity index (χ0v) is 14.2. The van der Waals surface area contributed by atoms with Crippen molar-refractivity contribution in [3.05, 3.63) is 54.1 Å². The molecule has 2 aromatic rings. The molecule has 0 aromatic heterocycles. The number of sulfonamides is 1. The zero-order chi connectivity index (χ0) is 17.9. The lowest BCUT2D eigenvalue weighted by Crippen LogP contribution is -2.18. The molecule has 2 aromatic carbocycles. The lowest BCUT2D eigenvalue weighted by Gasteiger charge is -2.04. The van der Waals surface area contributed by atoms with E-state index in [2.05, 4.69) is 10.0 Å². The summed E-state index contributed by atoms with van der Waals surface area (Å²) in [7, 11) is -2.12. The molecular weight excluding hydrogens is 344 g/mol. The van der Waals surface area contributed by atoms with Crippen molar-refractivity contribution in [2.45, 2.75) is 4.90 Å². The van der Waals surface area contributed by atoms with Gasteiger partial charge in [-0.15, -0.1) is 0 Å². The van der Waals surface area contributed by atoms with Gasteiger partial charge in [0.1, 0.15) is 0 Å². The molecule has 25 heavy (non-hydrogen) atoms. The van der Waals surface area contributed by atoms with Gasteiger partial charge in [-0.2, -0.15) is 0 Å². The molecule has 1 aliphatic heterocycles. The highest BCUT2D eigenvalue weighted by Crippen LogP contribution is 2.34. The SMILES string of the molecule is CNS(=O)(=O)c1ccc(/C=C/C(=O)Nc2ccc3c(c2)OCO3)cc1. The minimum Gasteiger partial charge on any atom is -0.454 e. The van der Waals surface area contributed by atoms with Crippen LogP contribution >= 0.6 is 0 Å². The molecule has 0 aliphatic carbocycles. The molecule has 3 rings (SSSR count). The van der Waals surface area contributed by atoms with Crippen LogP contribution in [0.1, 0.15) is 5.56 Å². The number of anilines is 1. The average Bonchev–Trinajstić information content (AvgIpc) is 3.08. The molecule has 130 valence electrons. The highest BCUT2D eigenvalue weighted by atomic mass is 32.2. The Hall–Kier alpha value is -2.84. The second-order valence-electron chi connectivity index (χ2n) is 5.17. The van der Waals surface area contributed by atoms with E-state index in [0.29, 0.717) is 22.7 Å². The van der Waals surface area contributed by atoms with Crippen LogP contribution in [0.2, 0.25) is 0 Å². The number of fused-ring (bicyclic) bond motifs is 1. The van der Waals surface area contributed by atoms with Crippen LogP contribution in [-0.4, -0.2) is 28.2 Å². The van der Waals surface area contributed by atoms with Gasteiger partial charge < -0.3 is 14.8 Å². The molecule has 2 N–H and O–H groups in total. The maximum Gasteiger partial charge on any atom is 0.248 e. The fourth-order valence-corrected chi connectivity index (χ4v) is 2.94. The van der Waals surface area contributed by atoms with E-state index in [1.165, 1.54) is 25.3 Å². The summed E-state index contributed by atoms with van der Waals surface area (Å²) in [4.78, 5) is 12.1. The number of ether oxygens (including phenoxy) is 2. The molecular formula is C17H16N2O5S. The minimum atomic E-state index is -3.47. The van der Waals surface area contributed by atoms with Gasteiger partial charge in [-0.25, -0.2) is 13.1 Å². The van der Waals surface area contributed by atoms with Crippen molar-refractivity contribution in [1.82, 2.24) is 4.72 Å². The Morgan fingerprint density at radius 3 is 2.52 bits per heavy atom. The number of nitrogens with one attached hydrogen (secondary N) is 2. The van der Waals surface area contributed by atoms with Gasteiger partial charge in [0.25, 0.3) is 0 Å². The van der Waals surface area contributed by atoms with Crippen molar-refractivity contribution >= 4 is 27.7 Å². The van der Waals surface area contributed by atoms with Crippen LogP contribution in [0.3, 0.4) is 0 Å². The van der Waals surface area contributed by atoms with Crippen molar-refractivity contribution in [1.29, 1.82) is 0 Å². The number of rotatable bonds is 5. The molecule has 1 aliphatic rings. The van der Waals surface area contributed by atoms with Gasteiger partial charge in [-0.05, 0) is 43.0 Å². The third-order valence-electron chi connectivity index (χ3n) is 3.53. The molecule has 0 fully saturated rings. The number of carbonyl (C=O) groups excluding carboxylic acids is 1. The first kappa shape index (κ1) is 17.0. The number of hydrogen-bond donors (Lipinski definition) is 2. The quantitative estimate of drug-likeness (QED) is 0.795. The molecule has 0 spiro atoms. The van der Waals surface area contributed by atoms with Gasteiger partial charge in [0.2, 0.25) is 22.7 Å². The normalized spacial score (nSPS) is 13.2. The predicted molar refractivity (Wildman–Crippen MR) is 92.9 cm³/mol. The number of hydrogen-bond acceptors (Lipinski definition) is 5. The number of carbonyl (C=O) groups is 1. The van der Waals surface area contributed by atoms with E-state index < -0.39 is 10.0 Å². The molecule has 7 nitrogen and oxygen atoms in total. The van der Waals surface area contributed by atoms with Gasteiger partial charge in [-0.3, -0.25) is 4.79 Å². The fraction of sp³-hybridized carbons (Fsp3) is 0.118. The van der Waals surface area contributed by atoms with Crippen LogP contribution in [-0.2, 0) is 14.8 Å². The molecule has 0 atom stereocenters. The highest BCUT2D eigenvalue weighted by Gasteiger charge is 2.13. The smallest absolute Gasteiger partial charge is 0.248 e. The Bertz CT molecular complexity index is 921. The molecule has 1 heterocycles. The first-order valence-corrected chi connectivity index (χ1v) is 8.88. The zero-order valence-electron chi connectivity index (χ0n) is 13.4. The van der Waals surface area contributed by atoms with E-state index in [9.17, 15) is 13.2 Å². The fourth-order valence-electron chi connectivity index (χ4n) is 2.21. The Balaban J connectivity index is 1.64. The molecule has 0 saturated heterocycles. The van der Waals surface area contributed by atoms with Gasteiger partial charge in [0, 0.05) is 17.8 Å². The predicted octanol–water partition coefficient (Wildman–Crippen LogP) is 1.98. The lowest BCUT2D eigenvalue weighted by atomic mass is 10.2. The second kappa shape index (κ2) is 6.96. The first-order chi connectivity index (χ1) is 12.0. The maximum absolute atomic E-state index is 12.0. The highest BCUT2D eigenvalue weighted by molar-refractivity contribution is 7.89. The average molecular weight is 360 g/mol. The number of amides is 1. The Morgan fingerprint density at radius 1 is 1.08 bits per heavy atom. The van der Waals surface area contributed by atoms with E-state index in [0.717, 1.165) is 0 Å². The number of benzene rings is 2. The van der Waals surface area contributed by atoms with Crippen molar-refractivity contribution in [3.8, 4) is 11.5 Å². The van der Waals surface area contributed by atoms with E-state index in [1.807, 2.05) is 0 Å². The van der Waals surface area contributed by atoms with Crippen molar-refractivity contribution in [2.24, 2.45) is 0 Å². The van der Waals surface area contributed by atoms with Gasteiger partial charge >= 0.3 is 0 Å². The van der Waals surface area contributed by atoms with E-state index in [-0.39, 0.29) is 17.6 Å². The summed E-state index contributed by atoms with van der Waals surface area (Å²) in [5, 5.41) is 2.72. The maximum atomic E-state index is 12.0. The van der Waals surface area contributed by atoms with Crippen LogP contribution in [0.15, 0.2) is 53.4 Å². The van der Waals surface area contributed by atoms with Crippen LogP contribution < -0.4 is 19.5 Å². The third kappa shape index (κ3) is 3.98. The molecule has 1 amide bonds. The molecule has 0 unspecified atom stereocenters. The monoisotopic (exact) mass is 360 g/mol. The molecule has 0 bridgehead atoms. The Kier molecular flexibility index (Phi) is 4.73. The van der Waals surface area contributed by atoms with Crippen molar-refractivity contribution < 1.29 is 22.7 Å². The molecule has 0 radical (unpaired) electrons. The standard InChI is InChI=1S/C17H16N2O5S/c1-18-25(21,22)14-6-2-12(3-7-14)4-9-17(20)19-13-5-8-15-16(10-13)24-11-23-15/h2-10,18H,11H2,1H3,(H,19,20)/b9-4+. The largest absolute Gasteiger partial charge is 0.454 e. The van der Waals surface area contributed by atoms with E-state index >= 15 is 0 Å². The topological polar surface area (TPSA) is 93.7 Å². The third-order valence-corrected chi connectivity index (χ3v) is 4.96. The lowest BCUT2D eigenvalue weighted by molar-refractivity contribution is -0.111. The van der Waals surface area contributed by atoms with Crippen LogP contribution in [0.25, 0.3) is 6.08 Å². The summed E-state index contributed by atoms with van der Waals surface area (Å²) in [6, 6.07) is 11.3. The summed E-state index contributed by atoms with van der Waals surface area (Å²) in [5.74, 6) is 0.916. The first-order valence-electron chi connectivity index (χ1n) is 7.40. The summed E-state index contributed by atoms with van der Waals surface area (Å²) >= 11 is 0. The van der Waals surface area contributed by atoms with Crippen LogP contribution in [0.4, 0.5) is 5.69 Å². The van der Waals surface area contributed by atoms with E-state index in [4.69, 9.17) is 9.47 Å². The van der Waals surface area contributed by atoms with Gasteiger partial charge in [0.15, 0.2) is 11.5 Å². The second-order valence-corrected chi connectivity index (χ2v) is 7.05. The van der Waals surface area contributed by atoms with Crippen LogP contribution in [0.5, 0.6) is 11.5 Å². The Labute approximate surface area is 145 Å². The summed E-state index contributed by atoms with van der Waals surface area (Å²) in [6.07, 6.45) is 2.96. The van der Waals surface area contributed by atoms with Crippen molar-refractivity contribution in [3.63, 3.8) is 0 Å². The molecule has 8 heteroatoms. The van der Waals surface area contributed by atoms with Gasteiger partial charge in [-0.1, -0.05) is 12.1 Å². The van der Waals surface area contributed by atoms with Crippen molar-refractivity contribution in [2.75, 3.05) is 19.2 Å². The summed E-state index contributed by atoms with van der Waals surface area (Å²) < 4.78 is 36.0. The summed E-state index contributed by atoms with van der Waals surface area (Å²) in [5.41, 5.74) is 1.30. The van der Waals surface area contributed by atoms with E-state index in [1.54, 1.807) is 36.4 Å². The molecule has 0 saturated carbocycles. The van der Waals surface area contributed by atoms with Crippen LogP contribution in [0, 0.1) is 0 Å². The van der Waals surface area contributed by atoms with Gasteiger partial charge in [0.05, 0.1) is 4.90 Å². The Morgan fingerprint density at radius 2 is 1.80 bits per heavy atom.